The summed E-state index contributed by atoms with van der Waals surface area (Å²) in [7, 11) is 1.61. The molecule has 1 aromatic heterocycles. The number of ether oxygens (including phenoxy) is 1. The van der Waals surface area contributed by atoms with Gasteiger partial charge in [0.1, 0.15) is 11.5 Å². The fourth-order valence-electron chi connectivity index (χ4n) is 2.63. The van der Waals surface area contributed by atoms with Crippen molar-refractivity contribution < 1.29 is 13.9 Å². The molecule has 0 aliphatic heterocycles. The van der Waals surface area contributed by atoms with Gasteiger partial charge in [-0.3, -0.25) is 4.79 Å². The number of nitrogens with zero attached hydrogens (tertiary/aromatic N) is 2. The maximum absolute atomic E-state index is 14.2. The molecule has 0 unspecified atom stereocenters. The van der Waals surface area contributed by atoms with Crippen LogP contribution in [-0.4, -0.2) is 35.9 Å². The molecular weight excluding hydrogens is 369 g/mol. The van der Waals surface area contributed by atoms with Gasteiger partial charge in [0.05, 0.1) is 11.4 Å². The Labute approximate surface area is 161 Å². The summed E-state index contributed by atoms with van der Waals surface area (Å²) in [5.41, 5.74) is 1.68. The highest BCUT2D eigenvalue weighted by atomic mass is 35.5. The lowest BCUT2D eigenvalue weighted by Crippen LogP contribution is -2.27. The smallest absolute Gasteiger partial charge is 0.270 e. The number of amides is 1. The van der Waals surface area contributed by atoms with E-state index in [2.05, 4.69) is 10.4 Å². The van der Waals surface area contributed by atoms with E-state index in [9.17, 15) is 9.18 Å². The van der Waals surface area contributed by atoms with Crippen molar-refractivity contribution >= 4 is 17.5 Å². The number of carbonyl (C=O) groups excluding carboxylic acids is 1. The summed E-state index contributed by atoms with van der Waals surface area (Å²) in [4.78, 5) is 12.7. The number of rotatable bonds is 7. The third kappa shape index (κ3) is 4.53. The van der Waals surface area contributed by atoms with Crippen LogP contribution in [0, 0.1) is 5.82 Å². The Morgan fingerprint density at radius 2 is 1.96 bits per heavy atom. The van der Waals surface area contributed by atoms with Crippen molar-refractivity contribution in [3.05, 3.63) is 71.1 Å². The molecule has 3 aromatic rings. The Kier molecular flexibility index (Phi) is 6.21. The highest BCUT2D eigenvalue weighted by Gasteiger charge is 2.18. The van der Waals surface area contributed by atoms with Crippen LogP contribution in [0.2, 0.25) is 5.02 Å². The van der Waals surface area contributed by atoms with E-state index in [1.807, 2.05) is 0 Å². The molecule has 0 fully saturated rings. The zero-order valence-corrected chi connectivity index (χ0v) is 15.5. The first-order valence-corrected chi connectivity index (χ1v) is 8.86. The van der Waals surface area contributed by atoms with Gasteiger partial charge in [-0.2, -0.15) is 5.10 Å². The van der Waals surface area contributed by atoms with E-state index < -0.39 is 5.82 Å². The summed E-state index contributed by atoms with van der Waals surface area (Å²) in [6.07, 6.45) is 0.692. The number of hydrogen-bond donors (Lipinski definition) is 1. The molecule has 0 atom stereocenters. The van der Waals surface area contributed by atoms with E-state index in [0.717, 1.165) is 0 Å². The van der Waals surface area contributed by atoms with Gasteiger partial charge in [0.15, 0.2) is 0 Å². The number of methoxy groups -OCH3 is 1. The molecular formula is C20H19ClFN3O2. The molecule has 0 saturated heterocycles. The fourth-order valence-corrected chi connectivity index (χ4v) is 2.76. The van der Waals surface area contributed by atoms with Crippen LogP contribution in [-0.2, 0) is 4.74 Å². The molecule has 0 radical (unpaired) electrons. The second-order valence-corrected chi connectivity index (χ2v) is 6.32. The lowest BCUT2D eigenvalue weighted by Gasteiger charge is -2.08. The Bertz CT molecular complexity index is 925. The number of carbonyl (C=O) groups is 1. The van der Waals surface area contributed by atoms with E-state index >= 15 is 0 Å². The molecule has 0 bridgehead atoms. The van der Waals surface area contributed by atoms with Crippen molar-refractivity contribution in [3.8, 4) is 16.9 Å². The molecule has 5 nitrogen and oxygen atoms in total. The van der Waals surface area contributed by atoms with Gasteiger partial charge in [0.25, 0.3) is 5.91 Å². The zero-order chi connectivity index (χ0) is 19.2. The van der Waals surface area contributed by atoms with Crippen molar-refractivity contribution in [2.75, 3.05) is 20.3 Å². The fraction of sp³-hybridized carbons (Fsp3) is 0.200. The number of hydrogen-bond acceptors (Lipinski definition) is 3. The van der Waals surface area contributed by atoms with E-state index in [1.54, 1.807) is 55.6 Å². The van der Waals surface area contributed by atoms with E-state index in [0.29, 0.717) is 47.2 Å². The Hall–Kier alpha value is -2.70. The molecule has 0 aliphatic rings. The van der Waals surface area contributed by atoms with Crippen molar-refractivity contribution in [2.24, 2.45) is 0 Å². The molecule has 140 valence electrons. The van der Waals surface area contributed by atoms with Crippen LogP contribution in [0.15, 0.2) is 54.6 Å². The third-order valence-corrected chi connectivity index (χ3v) is 4.23. The summed E-state index contributed by atoms with van der Waals surface area (Å²) in [5, 5.41) is 7.86. The molecule has 1 heterocycles. The van der Waals surface area contributed by atoms with Crippen LogP contribution in [0.3, 0.4) is 0 Å². The van der Waals surface area contributed by atoms with Gasteiger partial charge in [-0.25, -0.2) is 9.07 Å². The standard InChI is InChI=1S/C20H19ClFN3O2/c1-27-12-4-11-23-20(26)19-13-18(16-5-2-3-6-17(16)22)24-25(19)15-9-7-14(21)8-10-15/h2-3,5-10,13H,4,11-12H2,1H3,(H,23,26). The van der Waals surface area contributed by atoms with Gasteiger partial charge < -0.3 is 10.1 Å². The van der Waals surface area contributed by atoms with Crippen LogP contribution in [0.25, 0.3) is 16.9 Å². The average molecular weight is 388 g/mol. The first-order valence-electron chi connectivity index (χ1n) is 8.48. The van der Waals surface area contributed by atoms with Gasteiger partial charge in [-0.05, 0) is 48.9 Å². The Balaban J connectivity index is 1.98. The minimum absolute atomic E-state index is 0.295. The minimum Gasteiger partial charge on any atom is -0.385 e. The SMILES string of the molecule is COCCCNC(=O)c1cc(-c2ccccc2F)nn1-c1ccc(Cl)cc1. The zero-order valence-electron chi connectivity index (χ0n) is 14.8. The second kappa shape index (κ2) is 8.79. The van der Waals surface area contributed by atoms with Crippen LogP contribution >= 0.6 is 11.6 Å². The molecule has 1 amide bonds. The maximum atomic E-state index is 14.2. The number of benzene rings is 2. The topological polar surface area (TPSA) is 56.1 Å². The Morgan fingerprint density at radius 1 is 1.22 bits per heavy atom. The average Bonchev–Trinajstić information content (AvgIpc) is 3.11. The predicted octanol–water partition coefficient (Wildman–Crippen LogP) is 4.10. The lowest BCUT2D eigenvalue weighted by molar-refractivity contribution is 0.0941. The second-order valence-electron chi connectivity index (χ2n) is 5.89. The van der Waals surface area contributed by atoms with Crippen LogP contribution < -0.4 is 5.32 Å². The molecule has 0 saturated carbocycles. The molecule has 7 heteroatoms. The number of nitrogens with one attached hydrogen (secondary N) is 1. The molecule has 1 N–H and O–H groups in total. The number of aromatic nitrogens is 2. The number of halogens is 2. The normalized spacial score (nSPS) is 10.8. The summed E-state index contributed by atoms with van der Waals surface area (Å²) in [5.74, 6) is -0.693. The van der Waals surface area contributed by atoms with E-state index in [4.69, 9.17) is 16.3 Å². The molecule has 27 heavy (non-hydrogen) atoms. The van der Waals surface area contributed by atoms with Crippen molar-refractivity contribution in [1.29, 1.82) is 0 Å². The van der Waals surface area contributed by atoms with Crippen LogP contribution in [0.4, 0.5) is 4.39 Å². The first-order chi connectivity index (χ1) is 13.1. The van der Waals surface area contributed by atoms with Crippen molar-refractivity contribution in [3.63, 3.8) is 0 Å². The van der Waals surface area contributed by atoms with E-state index in [-0.39, 0.29) is 5.91 Å². The van der Waals surface area contributed by atoms with Crippen molar-refractivity contribution in [1.82, 2.24) is 15.1 Å². The quantitative estimate of drug-likeness (QED) is 0.621. The highest BCUT2D eigenvalue weighted by molar-refractivity contribution is 6.30. The lowest BCUT2D eigenvalue weighted by atomic mass is 10.1. The van der Waals surface area contributed by atoms with Gasteiger partial charge in [-0.1, -0.05) is 23.7 Å². The van der Waals surface area contributed by atoms with E-state index in [1.165, 1.54) is 10.7 Å². The van der Waals surface area contributed by atoms with Gasteiger partial charge in [0, 0.05) is 30.8 Å². The largest absolute Gasteiger partial charge is 0.385 e. The molecule has 3 rings (SSSR count). The van der Waals surface area contributed by atoms with Gasteiger partial charge in [0.2, 0.25) is 0 Å². The van der Waals surface area contributed by atoms with Crippen LogP contribution in [0.1, 0.15) is 16.9 Å². The van der Waals surface area contributed by atoms with Gasteiger partial charge >= 0.3 is 0 Å². The summed E-state index contributed by atoms with van der Waals surface area (Å²) in [6.45, 7) is 1.02. The molecule has 0 spiro atoms. The Morgan fingerprint density at radius 3 is 2.67 bits per heavy atom. The van der Waals surface area contributed by atoms with Crippen LogP contribution in [0.5, 0.6) is 0 Å². The third-order valence-electron chi connectivity index (χ3n) is 3.97. The summed E-state index contributed by atoms with van der Waals surface area (Å²) >= 11 is 5.95. The molecule has 2 aromatic carbocycles. The highest BCUT2D eigenvalue weighted by Crippen LogP contribution is 2.24. The summed E-state index contributed by atoms with van der Waals surface area (Å²) < 4.78 is 20.7. The maximum Gasteiger partial charge on any atom is 0.270 e. The predicted molar refractivity (Wildman–Crippen MR) is 103 cm³/mol. The first kappa shape index (κ1) is 19.1. The minimum atomic E-state index is -0.398. The van der Waals surface area contributed by atoms with Gasteiger partial charge in [-0.15, -0.1) is 0 Å². The summed E-state index contributed by atoms with van der Waals surface area (Å²) in [6, 6.07) is 14.8. The monoisotopic (exact) mass is 387 g/mol. The van der Waals surface area contributed by atoms with Crippen molar-refractivity contribution in [2.45, 2.75) is 6.42 Å². The molecule has 0 aliphatic carbocycles.